The number of carbonyl (C=O) groups excluding carboxylic acids is 2. The average molecular weight is 405 g/mol. The summed E-state index contributed by atoms with van der Waals surface area (Å²) in [5.41, 5.74) is 7.71. The Labute approximate surface area is 176 Å². The number of aromatic nitrogens is 1. The van der Waals surface area contributed by atoms with Crippen molar-refractivity contribution in [3.8, 4) is 5.75 Å². The van der Waals surface area contributed by atoms with Gasteiger partial charge in [-0.05, 0) is 74.7 Å². The van der Waals surface area contributed by atoms with E-state index in [-0.39, 0.29) is 18.4 Å². The molecule has 2 N–H and O–H groups in total. The predicted octanol–water partition coefficient (Wildman–Crippen LogP) is 3.53. The summed E-state index contributed by atoms with van der Waals surface area (Å²) in [5.74, 6) is 0.149. The minimum Gasteiger partial charge on any atom is -0.484 e. The lowest BCUT2D eigenvalue weighted by molar-refractivity contribution is -0.123. The van der Waals surface area contributed by atoms with Gasteiger partial charge in [-0.3, -0.25) is 19.7 Å². The Morgan fingerprint density at radius 1 is 0.900 bits per heavy atom. The fraction of sp³-hybridized carbons (Fsp3) is 0.250. The van der Waals surface area contributed by atoms with Crippen LogP contribution in [0.15, 0.2) is 60.7 Å². The van der Waals surface area contributed by atoms with E-state index in [1.165, 1.54) is 11.1 Å². The number of carbonyl (C=O) groups is 2. The van der Waals surface area contributed by atoms with E-state index < -0.39 is 0 Å². The zero-order valence-corrected chi connectivity index (χ0v) is 17.6. The van der Waals surface area contributed by atoms with E-state index in [0.29, 0.717) is 17.9 Å². The van der Waals surface area contributed by atoms with Crippen molar-refractivity contribution in [3.63, 3.8) is 0 Å². The van der Waals surface area contributed by atoms with Gasteiger partial charge in [-0.15, -0.1) is 0 Å². The molecule has 0 saturated carbocycles. The maximum absolute atomic E-state index is 12.4. The van der Waals surface area contributed by atoms with Gasteiger partial charge in [-0.1, -0.05) is 24.3 Å². The lowest BCUT2D eigenvalue weighted by atomic mass is 10.1. The Morgan fingerprint density at radius 2 is 1.57 bits per heavy atom. The van der Waals surface area contributed by atoms with Gasteiger partial charge in [-0.25, -0.2) is 0 Å². The fourth-order valence-electron chi connectivity index (χ4n) is 3.14. The molecule has 0 aliphatic heterocycles. The zero-order valence-electron chi connectivity index (χ0n) is 17.6. The van der Waals surface area contributed by atoms with E-state index in [2.05, 4.69) is 29.8 Å². The first-order valence-corrected chi connectivity index (χ1v) is 9.94. The monoisotopic (exact) mass is 405 g/mol. The highest BCUT2D eigenvalue weighted by atomic mass is 16.5. The van der Waals surface area contributed by atoms with Crippen molar-refractivity contribution in [3.05, 3.63) is 88.7 Å². The molecular weight excluding hydrogens is 378 g/mol. The summed E-state index contributed by atoms with van der Waals surface area (Å²) in [6, 6.07) is 18.7. The number of hydrogen-bond acceptors (Lipinski definition) is 3. The standard InChI is InChI=1S/C24H27N3O3/c1-17-6-4-5-7-20(17)14-15-25-23(28)16-30-22-12-10-21(11-13-22)24(29)26-27-18(2)8-9-19(27)3/h4-13H,14-16H2,1-3H3,(H,25,28)(H,26,29). The summed E-state index contributed by atoms with van der Waals surface area (Å²) in [4.78, 5) is 24.4. The summed E-state index contributed by atoms with van der Waals surface area (Å²) in [6.45, 7) is 6.41. The van der Waals surface area contributed by atoms with E-state index in [1.807, 2.05) is 38.1 Å². The van der Waals surface area contributed by atoms with Crippen LogP contribution in [-0.4, -0.2) is 29.6 Å². The van der Waals surface area contributed by atoms with Crippen molar-refractivity contribution in [1.29, 1.82) is 0 Å². The van der Waals surface area contributed by atoms with E-state index in [9.17, 15) is 9.59 Å². The number of nitrogens with one attached hydrogen (secondary N) is 2. The Balaban J connectivity index is 1.44. The summed E-state index contributed by atoms with van der Waals surface area (Å²) in [6.07, 6.45) is 0.780. The van der Waals surface area contributed by atoms with Gasteiger partial charge < -0.3 is 10.1 Å². The van der Waals surface area contributed by atoms with E-state index in [1.54, 1.807) is 28.9 Å². The summed E-state index contributed by atoms with van der Waals surface area (Å²) in [7, 11) is 0. The smallest absolute Gasteiger partial charge is 0.270 e. The number of amides is 2. The van der Waals surface area contributed by atoms with Crippen LogP contribution < -0.4 is 15.5 Å². The molecule has 0 unspecified atom stereocenters. The van der Waals surface area contributed by atoms with Crippen LogP contribution in [-0.2, 0) is 11.2 Å². The third-order valence-electron chi connectivity index (χ3n) is 4.95. The van der Waals surface area contributed by atoms with Crippen molar-refractivity contribution >= 4 is 11.8 Å². The third kappa shape index (κ3) is 5.50. The molecular formula is C24H27N3O3. The largest absolute Gasteiger partial charge is 0.484 e. The van der Waals surface area contributed by atoms with Gasteiger partial charge in [0.25, 0.3) is 11.8 Å². The molecule has 0 fully saturated rings. The van der Waals surface area contributed by atoms with Crippen molar-refractivity contribution in [2.75, 3.05) is 18.6 Å². The van der Waals surface area contributed by atoms with Crippen LogP contribution >= 0.6 is 0 Å². The van der Waals surface area contributed by atoms with Crippen LogP contribution in [0.3, 0.4) is 0 Å². The van der Waals surface area contributed by atoms with Gasteiger partial charge in [0.05, 0.1) is 0 Å². The van der Waals surface area contributed by atoms with Gasteiger partial charge in [0.15, 0.2) is 6.61 Å². The number of nitrogens with zero attached hydrogens (tertiary/aromatic N) is 1. The Hall–Kier alpha value is -3.54. The molecule has 3 rings (SSSR count). The van der Waals surface area contributed by atoms with Gasteiger partial charge in [0.1, 0.15) is 5.75 Å². The van der Waals surface area contributed by atoms with E-state index in [0.717, 1.165) is 17.8 Å². The van der Waals surface area contributed by atoms with Crippen LogP contribution in [0.5, 0.6) is 5.75 Å². The highest BCUT2D eigenvalue weighted by molar-refractivity contribution is 6.00. The van der Waals surface area contributed by atoms with Crippen LogP contribution in [0.25, 0.3) is 0 Å². The molecule has 0 atom stereocenters. The third-order valence-corrected chi connectivity index (χ3v) is 4.95. The van der Waals surface area contributed by atoms with Crippen molar-refractivity contribution in [2.24, 2.45) is 0 Å². The average Bonchev–Trinajstić information content (AvgIpc) is 3.06. The summed E-state index contributed by atoms with van der Waals surface area (Å²) in [5, 5.41) is 2.86. The first-order valence-electron chi connectivity index (χ1n) is 9.94. The summed E-state index contributed by atoms with van der Waals surface area (Å²) >= 11 is 0. The first kappa shape index (κ1) is 21.2. The molecule has 2 aromatic carbocycles. The number of aryl methyl sites for hydroxylation is 3. The minimum atomic E-state index is -0.210. The quantitative estimate of drug-likeness (QED) is 0.602. The lowest BCUT2D eigenvalue weighted by Crippen LogP contribution is -2.30. The minimum absolute atomic E-state index is 0.0684. The molecule has 0 aliphatic carbocycles. The second kappa shape index (κ2) is 9.78. The van der Waals surface area contributed by atoms with Crippen LogP contribution in [0.2, 0.25) is 0 Å². The van der Waals surface area contributed by atoms with Crippen LogP contribution in [0.1, 0.15) is 32.9 Å². The van der Waals surface area contributed by atoms with Crippen molar-refractivity contribution < 1.29 is 14.3 Å². The van der Waals surface area contributed by atoms with E-state index in [4.69, 9.17) is 4.74 Å². The van der Waals surface area contributed by atoms with E-state index >= 15 is 0 Å². The molecule has 0 saturated heterocycles. The van der Waals surface area contributed by atoms with Gasteiger partial charge in [-0.2, -0.15) is 0 Å². The molecule has 2 amide bonds. The molecule has 0 spiro atoms. The number of benzene rings is 2. The number of rotatable bonds is 8. The molecule has 6 nitrogen and oxygen atoms in total. The maximum atomic E-state index is 12.4. The molecule has 0 aliphatic rings. The van der Waals surface area contributed by atoms with Crippen LogP contribution in [0, 0.1) is 20.8 Å². The summed E-state index contributed by atoms with van der Waals surface area (Å²) < 4.78 is 7.27. The first-order chi connectivity index (χ1) is 14.4. The van der Waals surface area contributed by atoms with Gasteiger partial charge in [0, 0.05) is 23.5 Å². The molecule has 30 heavy (non-hydrogen) atoms. The zero-order chi connectivity index (χ0) is 21.5. The second-order valence-corrected chi connectivity index (χ2v) is 7.23. The number of ether oxygens (including phenoxy) is 1. The Morgan fingerprint density at radius 3 is 2.23 bits per heavy atom. The molecule has 3 aromatic rings. The van der Waals surface area contributed by atoms with Crippen molar-refractivity contribution in [1.82, 2.24) is 9.99 Å². The van der Waals surface area contributed by atoms with Crippen molar-refractivity contribution in [2.45, 2.75) is 27.2 Å². The number of hydrogen-bond donors (Lipinski definition) is 2. The van der Waals surface area contributed by atoms with Crippen LogP contribution in [0.4, 0.5) is 0 Å². The second-order valence-electron chi connectivity index (χ2n) is 7.23. The predicted molar refractivity (Wildman–Crippen MR) is 117 cm³/mol. The van der Waals surface area contributed by atoms with Gasteiger partial charge >= 0.3 is 0 Å². The highest BCUT2D eigenvalue weighted by Crippen LogP contribution is 2.13. The molecule has 1 aromatic heterocycles. The molecule has 6 heteroatoms. The molecule has 0 bridgehead atoms. The topological polar surface area (TPSA) is 72.4 Å². The fourth-order valence-corrected chi connectivity index (χ4v) is 3.14. The van der Waals surface area contributed by atoms with Gasteiger partial charge in [0.2, 0.25) is 0 Å². The highest BCUT2D eigenvalue weighted by Gasteiger charge is 2.09. The Bertz CT molecular complexity index is 1000. The lowest BCUT2D eigenvalue weighted by Gasteiger charge is -2.12. The normalized spacial score (nSPS) is 10.5. The SMILES string of the molecule is Cc1ccccc1CCNC(=O)COc1ccc(C(=O)Nn2c(C)ccc2C)cc1. The maximum Gasteiger partial charge on any atom is 0.270 e. The Kier molecular flexibility index (Phi) is 6.91. The molecule has 0 radical (unpaired) electrons. The molecule has 156 valence electrons. The molecule has 1 heterocycles.